The molecule has 0 unspecified atom stereocenters. The van der Waals surface area contributed by atoms with Gasteiger partial charge in [-0.25, -0.2) is 4.79 Å². The number of carbonyl (C=O) groups excluding carboxylic acids is 3. The summed E-state index contributed by atoms with van der Waals surface area (Å²) in [6.07, 6.45) is 7.09. The van der Waals surface area contributed by atoms with Gasteiger partial charge in [-0.05, 0) is 50.8 Å². The topological polar surface area (TPSA) is 111 Å². The minimum Gasteiger partial charge on any atom is -0.488 e. The van der Waals surface area contributed by atoms with Gasteiger partial charge in [0.2, 0.25) is 11.8 Å². The zero-order chi connectivity index (χ0) is 26.5. The molecule has 4 rings (SSSR count). The van der Waals surface area contributed by atoms with Crippen LogP contribution < -0.4 is 15.4 Å². The highest BCUT2D eigenvalue weighted by atomic mass is 16.5. The second-order valence-corrected chi connectivity index (χ2v) is 11.1. The van der Waals surface area contributed by atoms with Crippen LogP contribution in [0.4, 0.5) is 10.5 Å². The van der Waals surface area contributed by atoms with E-state index >= 15 is 0 Å². The van der Waals surface area contributed by atoms with Crippen LogP contribution in [0.3, 0.4) is 0 Å². The van der Waals surface area contributed by atoms with E-state index < -0.39 is 0 Å². The molecule has 3 aliphatic rings. The van der Waals surface area contributed by atoms with Crippen molar-refractivity contribution < 1.29 is 24.2 Å². The van der Waals surface area contributed by atoms with Gasteiger partial charge in [0, 0.05) is 42.7 Å². The lowest BCUT2D eigenvalue weighted by Gasteiger charge is -2.34. The van der Waals surface area contributed by atoms with Gasteiger partial charge in [-0.1, -0.05) is 26.2 Å². The molecule has 2 aliphatic carbocycles. The van der Waals surface area contributed by atoms with E-state index in [1.54, 1.807) is 29.0 Å². The first kappa shape index (κ1) is 27.2. The zero-order valence-electron chi connectivity index (χ0n) is 22.4. The lowest BCUT2D eigenvalue weighted by Crippen LogP contribution is -2.50. The van der Waals surface area contributed by atoms with Crippen LogP contribution >= 0.6 is 0 Å². The molecule has 1 aromatic rings. The number of carbonyl (C=O) groups is 3. The first-order chi connectivity index (χ1) is 17.7. The second kappa shape index (κ2) is 12.2. The maximum atomic E-state index is 13.3. The molecule has 37 heavy (non-hydrogen) atoms. The van der Waals surface area contributed by atoms with Crippen LogP contribution in [-0.2, 0) is 16.0 Å². The van der Waals surface area contributed by atoms with Crippen molar-refractivity contribution in [2.24, 2.45) is 11.8 Å². The minimum absolute atomic E-state index is 0.00268. The second-order valence-electron chi connectivity index (χ2n) is 11.1. The summed E-state index contributed by atoms with van der Waals surface area (Å²) in [5.41, 5.74) is 1.32. The first-order valence-corrected chi connectivity index (χ1v) is 13.8. The molecule has 1 aliphatic heterocycles. The van der Waals surface area contributed by atoms with Crippen molar-refractivity contribution in [3.05, 3.63) is 23.8 Å². The third kappa shape index (κ3) is 7.15. The average Bonchev–Trinajstić information content (AvgIpc) is 3.73. The van der Waals surface area contributed by atoms with Gasteiger partial charge in [-0.2, -0.15) is 0 Å². The summed E-state index contributed by atoms with van der Waals surface area (Å²) >= 11 is 0. The summed E-state index contributed by atoms with van der Waals surface area (Å²) in [4.78, 5) is 42.0. The molecule has 2 fully saturated rings. The smallest absolute Gasteiger partial charge is 0.317 e. The van der Waals surface area contributed by atoms with E-state index in [-0.39, 0.29) is 60.9 Å². The van der Waals surface area contributed by atoms with Gasteiger partial charge in [0.05, 0.1) is 25.6 Å². The van der Waals surface area contributed by atoms with E-state index in [0.29, 0.717) is 30.1 Å². The molecule has 0 aromatic heterocycles. The van der Waals surface area contributed by atoms with E-state index in [4.69, 9.17) is 4.74 Å². The van der Waals surface area contributed by atoms with Gasteiger partial charge in [0.25, 0.3) is 0 Å². The van der Waals surface area contributed by atoms with E-state index in [1.807, 2.05) is 19.9 Å². The Kier molecular flexibility index (Phi) is 8.95. The maximum Gasteiger partial charge on any atom is 0.317 e. The first-order valence-electron chi connectivity index (χ1n) is 13.8. The van der Waals surface area contributed by atoms with Crippen LogP contribution in [0.1, 0.15) is 64.4 Å². The molecule has 3 atom stereocenters. The Morgan fingerprint density at radius 3 is 2.59 bits per heavy atom. The van der Waals surface area contributed by atoms with Crippen molar-refractivity contribution in [3.8, 4) is 5.75 Å². The van der Waals surface area contributed by atoms with Gasteiger partial charge in [-0.15, -0.1) is 0 Å². The summed E-state index contributed by atoms with van der Waals surface area (Å²) in [7, 11) is 1.78. The molecule has 9 heteroatoms. The highest BCUT2D eigenvalue weighted by Gasteiger charge is 2.33. The number of aliphatic hydroxyl groups is 1. The number of likely N-dealkylation sites (N-methyl/N-ethyl adjacent to an activating group) is 1. The molecule has 3 N–H and O–H groups in total. The Labute approximate surface area is 219 Å². The van der Waals surface area contributed by atoms with Crippen LogP contribution in [-0.4, -0.2) is 77.7 Å². The van der Waals surface area contributed by atoms with E-state index in [0.717, 1.165) is 38.5 Å². The van der Waals surface area contributed by atoms with Crippen LogP contribution in [0, 0.1) is 11.8 Å². The van der Waals surface area contributed by atoms with Crippen molar-refractivity contribution >= 4 is 23.5 Å². The number of nitrogens with zero attached hydrogens (tertiary/aromatic N) is 2. The summed E-state index contributed by atoms with van der Waals surface area (Å²) in [5, 5.41) is 15.9. The molecular weight excluding hydrogens is 472 g/mol. The third-order valence-corrected chi connectivity index (χ3v) is 7.87. The van der Waals surface area contributed by atoms with Crippen molar-refractivity contribution in [3.63, 3.8) is 0 Å². The Balaban J connectivity index is 1.54. The highest BCUT2D eigenvalue weighted by Crippen LogP contribution is 2.32. The Morgan fingerprint density at radius 1 is 1.19 bits per heavy atom. The van der Waals surface area contributed by atoms with Gasteiger partial charge >= 0.3 is 6.03 Å². The summed E-state index contributed by atoms with van der Waals surface area (Å²) in [6.45, 7) is 4.46. The number of rotatable bonds is 7. The number of hydrogen-bond acceptors (Lipinski definition) is 5. The van der Waals surface area contributed by atoms with Crippen LogP contribution in [0.15, 0.2) is 18.2 Å². The number of fused-ring (bicyclic) bond motifs is 1. The predicted octanol–water partition coefficient (Wildman–Crippen LogP) is 3.16. The number of urea groups is 1. The average molecular weight is 515 g/mol. The van der Waals surface area contributed by atoms with Crippen molar-refractivity contribution in [2.75, 3.05) is 32.1 Å². The number of nitrogens with one attached hydrogen (secondary N) is 2. The number of benzene rings is 1. The molecule has 0 saturated heterocycles. The highest BCUT2D eigenvalue weighted by molar-refractivity contribution is 5.94. The molecule has 2 saturated carbocycles. The van der Waals surface area contributed by atoms with Crippen molar-refractivity contribution in [1.29, 1.82) is 0 Å². The third-order valence-electron chi connectivity index (χ3n) is 7.87. The molecule has 204 valence electrons. The summed E-state index contributed by atoms with van der Waals surface area (Å²) in [5.74, 6) is 0.456. The summed E-state index contributed by atoms with van der Waals surface area (Å²) in [6, 6.07) is 5.17. The zero-order valence-corrected chi connectivity index (χ0v) is 22.4. The number of anilines is 1. The molecule has 0 bridgehead atoms. The number of ether oxygens (including phenoxy) is 1. The molecule has 1 aromatic carbocycles. The Hall–Kier alpha value is -2.81. The van der Waals surface area contributed by atoms with Crippen molar-refractivity contribution in [1.82, 2.24) is 15.1 Å². The predicted molar refractivity (Wildman–Crippen MR) is 141 cm³/mol. The molecular formula is C28H42N4O5. The Bertz CT molecular complexity index is 975. The van der Waals surface area contributed by atoms with Gasteiger partial charge in [-0.3, -0.25) is 9.59 Å². The molecule has 0 radical (unpaired) electrons. The monoisotopic (exact) mass is 514 g/mol. The maximum absolute atomic E-state index is 13.3. The van der Waals surface area contributed by atoms with Gasteiger partial charge in [0.1, 0.15) is 11.9 Å². The van der Waals surface area contributed by atoms with E-state index in [2.05, 4.69) is 10.6 Å². The summed E-state index contributed by atoms with van der Waals surface area (Å²) < 4.78 is 6.49. The number of hydrogen-bond donors (Lipinski definition) is 3. The van der Waals surface area contributed by atoms with E-state index in [1.165, 1.54) is 6.42 Å². The fourth-order valence-electron chi connectivity index (χ4n) is 5.20. The SMILES string of the molecule is C[C@@H]1CN([C@H](C)CO)C(=O)Cc2cc(NC(=O)C3CC3)ccc2O[C@@H]1CN(C)C(=O)NC1CCCCC1. The van der Waals surface area contributed by atoms with E-state index in [9.17, 15) is 19.5 Å². The molecule has 1 heterocycles. The Morgan fingerprint density at radius 2 is 1.92 bits per heavy atom. The standard InChI is InChI=1S/C28H42N4O5/c1-18-15-32(19(2)17-33)26(34)14-21-13-23(29-27(35)20-9-10-20)11-12-24(21)37-25(18)16-31(3)28(36)30-22-7-5-4-6-8-22/h11-13,18-20,22,25,33H,4-10,14-17H2,1-3H3,(H,29,35)(H,30,36)/t18-,19-,25-/m1/s1. The van der Waals surface area contributed by atoms with Crippen LogP contribution in [0.5, 0.6) is 5.75 Å². The van der Waals surface area contributed by atoms with Gasteiger partial charge in [0.15, 0.2) is 0 Å². The largest absolute Gasteiger partial charge is 0.488 e. The molecule has 9 nitrogen and oxygen atoms in total. The lowest BCUT2D eigenvalue weighted by atomic mass is 9.96. The molecule has 0 spiro atoms. The normalized spacial score (nSPS) is 23.6. The number of aliphatic hydroxyl groups excluding tert-OH is 1. The fourth-order valence-corrected chi connectivity index (χ4v) is 5.20. The molecule has 4 amide bonds. The van der Waals surface area contributed by atoms with Crippen LogP contribution in [0.2, 0.25) is 0 Å². The number of amides is 4. The quantitative estimate of drug-likeness (QED) is 0.518. The van der Waals surface area contributed by atoms with Gasteiger partial charge < -0.3 is 30.3 Å². The minimum atomic E-state index is -0.368. The van der Waals surface area contributed by atoms with Crippen LogP contribution in [0.25, 0.3) is 0 Å². The fraction of sp³-hybridized carbons (Fsp3) is 0.679. The van der Waals surface area contributed by atoms with Crippen molar-refractivity contribution in [2.45, 2.75) is 83.4 Å². The lowest BCUT2D eigenvalue weighted by molar-refractivity contribution is -0.134.